The van der Waals surface area contributed by atoms with Crippen molar-refractivity contribution in [3.05, 3.63) is 58.7 Å². The second-order valence-corrected chi connectivity index (χ2v) is 10.4. The fraction of sp³-hybridized carbons (Fsp3) is 0.409. The van der Waals surface area contributed by atoms with Gasteiger partial charge in [0.25, 0.3) is 0 Å². The number of alkyl halides is 3. The highest BCUT2D eigenvalue weighted by Crippen LogP contribution is 2.40. The zero-order valence-electron chi connectivity index (χ0n) is 19.3. The average molecular weight is 645 g/mol. The van der Waals surface area contributed by atoms with Crippen LogP contribution in [0, 0.1) is 17.5 Å². The number of ether oxygens (including phenoxy) is 2. The molecule has 0 bridgehead atoms. The highest BCUT2D eigenvalue weighted by Gasteiger charge is 2.49. The first-order chi connectivity index (χ1) is 18.4. The molecule has 1 aliphatic rings. The van der Waals surface area contributed by atoms with Crippen molar-refractivity contribution in [3.8, 4) is 11.3 Å². The van der Waals surface area contributed by atoms with Gasteiger partial charge in [-0.1, -0.05) is 17.0 Å². The molecular weight excluding hydrogens is 626 g/mol. The normalized spacial score (nSPS) is 24.6. The van der Waals surface area contributed by atoms with Crippen LogP contribution in [-0.2, 0) is 9.47 Å². The summed E-state index contributed by atoms with van der Waals surface area (Å²) < 4.78 is 92.7. The van der Waals surface area contributed by atoms with Gasteiger partial charge in [0.05, 0.1) is 19.4 Å². The van der Waals surface area contributed by atoms with E-state index in [9.17, 15) is 41.7 Å². The van der Waals surface area contributed by atoms with Gasteiger partial charge in [-0.15, -0.1) is 5.10 Å². The molecule has 17 heteroatoms. The predicted molar refractivity (Wildman–Crippen MR) is 126 cm³/mol. The van der Waals surface area contributed by atoms with E-state index in [0.29, 0.717) is 21.5 Å². The Morgan fingerprint density at radius 2 is 1.85 bits per heavy atom. The predicted octanol–water partition coefficient (Wildman–Crippen LogP) is 3.24. The Hall–Kier alpha value is -2.28. The van der Waals surface area contributed by atoms with Crippen LogP contribution in [0.15, 0.2) is 46.2 Å². The van der Waals surface area contributed by atoms with Crippen LogP contribution in [0.3, 0.4) is 0 Å². The SMILES string of the molecule is OCC1O[C@H](Sc2cncc(Br)c2)C(OCC(O)C(F)(F)F)C(n2cc(-c3cc(F)c(F)c(F)c3)nn2)[C@H]1O. The lowest BCUT2D eigenvalue weighted by Crippen LogP contribution is -2.56. The third-order valence-corrected chi connectivity index (χ3v) is 7.22. The van der Waals surface area contributed by atoms with Crippen molar-refractivity contribution in [1.82, 2.24) is 20.0 Å². The van der Waals surface area contributed by atoms with Crippen LogP contribution >= 0.6 is 27.7 Å². The molecule has 2 aromatic heterocycles. The number of rotatable bonds is 8. The first kappa shape index (κ1) is 29.7. The van der Waals surface area contributed by atoms with Gasteiger partial charge in [-0.3, -0.25) is 4.98 Å². The minimum absolute atomic E-state index is 0.165. The number of pyridine rings is 1. The third kappa shape index (κ3) is 6.72. The van der Waals surface area contributed by atoms with E-state index in [-0.39, 0.29) is 11.3 Å². The first-order valence-corrected chi connectivity index (χ1v) is 12.7. The lowest BCUT2D eigenvalue weighted by atomic mass is 9.97. The van der Waals surface area contributed by atoms with Crippen LogP contribution in [0.2, 0.25) is 0 Å². The van der Waals surface area contributed by atoms with Gasteiger partial charge in [-0.2, -0.15) is 13.2 Å². The maximum Gasteiger partial charge on any atom is 0.416 e. The van der Waals surface area contributed by atoms with Crippen LogP contribution in [0.5, 0.6) is 0 Å². The van der Waals surface area contributed by atoms with Crippen LogP contribution < -0.4 is 0 Å². The summed E-state index contributed by atoms with van der Waals surface area (Å²) in [6.45, 7) is -1.95. The van der Waals surface area contributed by atoms with E-state index in [4.69, 9.17) is 9.47 Å². The Labute approximate surface area is 228 Å². The van der Waals surface area contributed by atoms with E-state index in [1.54, 1.807) is 6.07 Å². The Kier molecular flexibility index (Phi) is 9.19. The largest absolute Gasteiger partial charge is 0.416 e. The van der Waals surface area contributed by atoms with E-state index >= 15 is 0 Å². The topological polar surface area (TPSA) is 123 Å². The van der Waals surface area contributed by atoms with Crippen molar-refractivity contribution in [1.29, 1.82) is 0 Å². The summed E-state index contributed by atoms with van der Waals surface area (Å²) in [6, 6.07) is 1.58. The van der Waals surface area contributed by atoms with Gasteiger partial charge in [0, 0.05) is 27.3 Å². The quantitative estimate of drug-likeness (QED) is 0.251. The fourth-order valence-electron chi connectivity index (χ4n) is 3.78. The van der Waals surface area contributed by atoms with Gasteiger partial charge in [0.2, 0.25) is 0 Å². The van der Waals surface area contributed by atoms with Gasteiger partial charge in [0.15, 0.2) is 23.6 Å². The number of hydrogen-bond acceptors (Lipinski definition) is 9. The van der Waals surface area contributed by atoms with E-state index < -0.39 is 72.7 Å². The summed E-state index contributed by atoms with van der Waals surface area (Å²) in [5, 5.41) is 37.9. The minimum Gasteiger partial charge on any atom is -0.394 e. The van der Waals surface area contributed by atoms with Crippen molar-refractivity contribution >= 4 is 27.7 Å². The van der Waals surface area contributed by atoms with Crippen molar-refractivity contribution < 1.29 is 51.1 Å². The number of hydrogen-bond donors (Lipinski definition) is 3. The summed E-state index contributed by atoms with van der Waals surface area (Å²) >= 11 is 4.20. The van der Waals surface area contributed by atoms with Crippen molar-refractivity contribution in [2.75, 3.05) is 13.2 Å². The number of halogens is 7. The Bertz CT molecular complexity index is 1280. The summed E-state index contributed by atoms with van der Waals surface area (Å²) in [5.41, 5.74) is -1.56. The molecular formula is C22H19BrF6N4O5S. The van der Waals surface area contributed by atoms with E-state index in [2.05, 4.69) is 31.2 Å². The van der Waals surface area contributed by atoms with Gasteiger partial charge in [-0.05, 0) is 34.1 Å². The first-order valence-electron chi connectivity index (χ1n) is 11.0. The smallest absolute Gasteiger partial charge is 0.394 e. The number of aliphatic hydroxyl groups is 3. The van der Waals surface area contributed by atoms with Crippen molar-refractivity contribution in [2.45, 2.75) is 47.0 Å². The minimum atomic E-state index is -5.01. The maximum atomic E-state index is 13.8. The van der Waals surface area contributed by atoms with Gasteiger partial charge >= 0.3 is 6.18 Å². The molecule has 1 aliphatic heterocycles. The van der Waals surface area contributed by atoms with Crippen LogP contribution in [-0.4, -0.2) is 84.5 Å². The van der Waals surface area contributed by atoms with Crippen LogP contribution in [0.4, 0.5) is 26.3 Å². The molecule has 1 fully saturated rings. The van der Waals surface area contributed by atoms with Crippen molar-refractivity contribution in [2.24, 2.45) is 0 Å². The van der Waals surface area contributed by atoms with Crippen LogP contribution in [0.1, 0.15) is 6.04 Å². The zero-order chi connectivity index (χ0) is 28.5. The second-order valence-electron chi connectivity index (χ2n) is 8.36. The molecule has 3 N–H and O–H groups in total. The molecule has 0 amide bonds. The summed E-state index contributed by atoms with van der Waals surface area (Å²) in [6.07, 6.45) is -8.20. The number of benzene rings is 1. The standard InChI is InChI=1S/C22H19BrF6N4O5S/c23-10-3-11(5-30-4-10)39-21-20(37-8-16(35)22(27,28)29)18(19(36)15(7-34)38-21)33-6-14(31-32-33)9-1-12(24)17(26)13(25)2-9/h1-6,15-16,18-21,34-36H,7-8H2/t15?,16?,18?,19-,20?,21+/m0/s1. The fourth-order valence-corrected chi connectivity index (χ4v) is 5.45. The van der Waals surface area contributed by atoms with E-state index in [1.807, 2.05) is 0 Å². The number of thioether (sulfide) groups is 1. The number of nitrogens with zero attached hydrogens (tertiary/aromatic N) is 4. The molecule has 9 nitrogen and oxygen atoms in total. The molecule has 4 rings (SSSR count). The molecule has 0 aliphatic carbocycles. The summed E-state index contributed by atoms with van der Waals surface area (Å²) in [5.74, 6) is -4.68. The third-order valence-electron chi connectivity index (χ3n) is 5.68. The molecule has 39 heavy (non-hydrogen) atoms. The maximum absolute atomic E-state index is 13.8. The number of aliphatic hydroxyl groups excluding tert-OH is 3. The monoisotopic (exact) mass is 644 g/mol. The molecule has 3 heterocycles. The average Bonchev–Trinajstić information content (AvgIpc) is 3.35. The summed E-state index contributed by atoms with van der Waals surface area (Å²) in [4.78, 5) is 4.48. The Morgan fingerprint density at radius 3 is 2.46 bits per heavy atom. The highest BCUT2D eigenvalue weighted by molar-refractivity contribution is 9.10. The molecule has 6 atom stereocenters. The highest BCUT2D eigenvalue weighted by atomic mass is 79.9. The molecule has 0 saturated carbocycles. The van der Waals surface area contributed by atoms with Crippen LogP contribution in [0.25, 0.3) is 11.3 Å². The molecule has 212 valence electrons. The second kappa shape index (κ2) is 12.1. The van der Waals surface area contributed by atoms with Gasteiger partial charge in [-0.25, -0.2) is 17.9 Å². The van der Waals surface area contributed by atoms with E-state index in [0.717, 1.165) is 22.6 Å². The van der Waals surface area contributed by atoms with Gasteiger partial charge in [0.1, 0.15) is 35.5 Å². The molecule has 3 aromatic rings. The summed E-state index contributed by atoms with van der Waals surface area (Å²) in [7, 11) is 0. The van der Waals surface area contributed by atoms with Crippen molar-refractivity contribution in [3.63, 3.8) is 0 Å². The molecule has 1 aromatic carbocycles. The zero-order valence-corrected chi connectivity index (χ0v) is 21.7. The Balaban J connectivity index is 1.72. The lowest BCUT2D eigenvalue weighted by Gasteiger charge is -2.44. The lowest BCUT2D eigenvalue weighted by molar-refractivity contribution is -0.240. The molecule has 1 saturated heterocycles. The molecule has 0 spiro atoms. The van der Waals surface area contributed by atoms with Gasteiger partial charge < -0.3 is 24.8 Å². The molecule has 4 unspecified atom stereocenters. The Morgan fingerprint density at radius 1 is 1.15 bits per heavy atom. The van der Waals surface area contributed by atoms with E-state index in [1.165, 1.54) is 12.4 Å². The molecule has 0 radical (unpaired) electrons. The number of aromatic nitrogens is 4.